The lowest BCUT2D eigenvalue weighted by Gasteiger charge is -2.30. The Morgan fingerprint density at radius 1 is 1.16 bits per heavy atom. The van der Waals surface area contributed by atoms with Gasteiger partial charge in [0.2, 0.25) is 0 Å². The van der Waals surface area contributed by atoms with E-state index in [1.165, 1.54) is 18.8 Å². The molecule has 0 atom stereocenters. The number of nitrogens with zero attached hydrogens (tertiary/aromatic N) is 4. The minimum Gasteiger partial charge on any atom is -0.492 e. The molecule has 1 saturated carbocycles. The standard InChI is InChI=1S/C28H29FN6O2/c29-25-16-20(5-8-23(25)26-24-9-10-30-27(24)32-18-31-26)33-28(36)35(21-6-7-21)17-19-3-1-4-22(15-19)37-14-13-34-11-2-12-34/h1,3-5,8-10,15-16,18,21H,2,6-7,11-14,17H2,(H,33,36)(H,30,31,32). The summed E-state index contributed by atoms with van der Waals surface area (Å²) in [5.74, 6) is 0.355. The number of ether oxygens (including phenoxy) is 1. The molecule has 2 aromatic carbocycles. The average molecular weight is 501 g/mol. The van der Waals surface area contributed by atoms with Gasteiger partial charge in [-0.1, -0.05) is 12.1 Å². The number of halogens is 1. The number of anilines is 1. The van der Waals surface area contributed by atoms with Gasteiger partial charge in [0.1, 0.15) is 30.1 Å². The fourth-order valence-corrected chi connectivity index (χ4v) is 4.65. The SMILES string of the molecule is O=C(Nc1ccc(-c2ncnc3[nH]ccc23)c(F)c1)N(Cc1cccc(OCCN2CCC2)c1)C1CC1. The number of aromatic amines is 1. The van der Waals surface area contributed by atoms with Crippen molar-refractivity contribution in [2.45, 2.75) is 31.8 Å². The maximum Gasteiger partial charge on any atom is 0.322 e. The number of carbonyl (C=O) groups is 1. The topological polar surface area (TPSA) is 86.4 Å². The van der Waals surface area contributed by atoms with Crippen molar-refractivity contribution < 1.29 is 13.9 Å². The van der Waals surface area contributed by atoms with Crippen LogP contribution in [-0.4, -0.2) is 63.1 Å². The number of carbonyl (C=O) groups excluding carboxylic acids is 1. The molecule has 0 unspecified atom stereocenters. The third-order valence-electron chi connectivity index (χ3n) is 6.95. The Morgan fingerprint density at radius 2 is 2.05 bits per heavy atom. The van der Waals surface area contributed by atoms with Gasteiger partial charge >= 0.3 is 6.03 Å². The molecule has 2 N–H and O–H groups in total. The summed E-state index contributed by atoms with van der Waals surface area (Å²) in [4.78, 5) is 28.8. The smallest absolute Gasteiger partial charge is 0.322 e. The van der Waals surface area contributed by atoms with Gasteiger partial charge in [-0.2, -0.15) is 0 Å². The Labute approximate surface area is 214 Å². The van der Waals surface area contributed by atoms with Crippen molar-refractivity contribution in [3.63, 3.8) is 0 Å². The van der Waals surface area contributed by atoms with Crippen LogP contribution < -0.4 is 10.1 Å². The molecular formula is C28H29FN6O2. The lowest BCUT2D eigenvalue weighted by Crippen LogP contribution is -2.39. The molecule has 0 spiro atoms. The van der Waals surface area contributed by atoms with Gasteiger partial charge in [0, 0.05) is 42.0 Å². The van der Waals surface area contributed by atoms with Crippen LogP contribution in [0.3, 0.4) is 0 Å². The molecular weight excluding hydrogens is 471 g/mol. The Morgan fingerprint density at radius 3 is 2.84 bits per heavy atom. The highest BCUT2D eigenvalue weighted by Crippen LogP contribution is 2.31. The third kappa shape index (κ3) is 5.27. The first kappa shape index (κ1) is 23.4. The second-order valence-electron chi connectivity index (χ2n) is 9.64. The van der Waals surface area contributed by atoms with E-state index in [1.807, 2.05) is 35.2 Å². The number of fused-ring (bicyclic) bond motifs is 1. The number of benzene rings is 2. The van der Waals surface area contributed by atoms with Crippen LogP contribution in [-0.2, 0) is 6.54 Å². The fraction of sp³-hybridized carbons (Fsp3) is 0.321. The molecule has 2 aromatic heterocycles. The Hall–Kier alpha value is -3.98. The van der Waals surface area contributed by atoms with E-state index in [0.717, 1.165) is 49.2 Å². The molecule has 2 amide bonds. The van der Waals surface area contributed by atoms with Crippen molar-refractivity contribution in [1.82, 2.24) is 24.8 Å². The second-order valence-corrected chi connectivity index (χ2v) is 9.64. The monoisotopic (exact) mass is 500 g/mol. The van der Waals surface area contributed by atoms with Gasteiger partial charge < -0.3 is 19.9 Å². The molecule has 3 heterocycles. The van der Waals surface area contributed by atoms with Crippen LogP contribution in [0.4, 0.5) is 14.9 Å². The van der Waals surface area contributed by atoms with Gasteiger partial charge in [-0.3, -0.25) is 4.90 Å². The van der Waals surface area contributed by atoms with Crippen molar-refractivity contribution in [3.05, 3.63) is 72.4 Å². The molecule has 1 saturated heterocycles. The van der Waals surface area contributed by atoms with Crippen LogP contribution in [0.15, 0.2) is 61.1 Å². The van der Waals surface area contributed by atoms with Crippen LogP contribution in [0, 0.1) is 5.82 Å². The number of hydrogen-bond acceptors (Lipinski definition) is 5. The van der Waals surface area contributed by atoms with Crippen LogP contribution in [0.25, 0.3) is 22.3 Å². The molecule has 2 aliphatic rings. The molecule has 2 fully saturated rings. The molecule has 190 valence electrons. The summed E-state index contributed by atoms with van der Waals surface area (Å²) in [5.41, 5.74) is 2.92. The molecule has 6 rings (SSSR count). The highest BCUT2D eigenvalue weighted by atomic mass is 19.1. The molecule has 8 nitrogen and oxygen atoms in total. The summed E-state index contributed by atoms with van der Waals surface area (Å²) in [7, 11) is 0. The first-order valence-corrected chi connectivity index (χ1v) is 12.7. The molecule has 0 bridgehead atoms. The first-order valence-electron chi connectivity index (χ1n) is 12.7. The molecule has 4 aromatic rings. The summed E-state index contributed by atoms with van der Waals surface area (Å²) in [6, 6.07) is 14.4. The number of amides is 2. The fourth-order valence-electron chi connectivity index (χ4n) is 4.65. The quantitative estimate of drug-likeness (QED) is 0.336. The maximum absolute atomic E-state index is 15.1. The summed E-state index contributed by atoms with van der Waals surface area (Å²) in [6.07, 6.45) is 6.35. The van der Waals surface area contributed by atoms with E-state index in [0.29, 0.717) is 35.7 Å². The van der Waals surface area contributed by atoms with Gasteiger partial charge in [-0.25, -0.2) is 19.2 Å². The Kier molecular flexibility index (Phi) is 6.44. The van der Waals surface area contributed by atoms with Gasteiger partial charge in [0.05, 0.1) is 5.69 Å². The van der Waals surface area contributed by atoms with E-state index in [4.69, 9.17) is 4.74 Å². The number of H-pyrrole nitrogens is 1. The molecule has 37 heavy (non-hydrogen) atoms. The predicted molar refractivity (Wildman–Crippen MR) is 140 cm³/mol. The van der Waals surface area contributed by atoms with E-state index in [1.54, 1.807) is 18.3 Å². The highest BCUT2D eigenvalue weighted by molar-refractivity contribution is 5.92. The summed E-state index contributed by atoms with van der Waals surface area (Å²) in [6.45, 7) is 4.36. The second kappa shape index (κ2) is 10.2. The number of aromatic nitrogens is 3. The predicted octanol–water partition coefficient (Wildman–Crippen LogP) is 5.05. The number of rotatable bonds is 9. The number of urea groups is 1. The van der Waals surface area contributed by atoms with Crippen molar-refractivity contribution >= 4 is 22.8 Å². The van der Waals surface area contributed by atoms with Gasteiger partial charge in [-0.05, 0) is 74.3 Å². The molecule has 0 radical (unpaired) electrons. The zero-order valence-corrected chi connectivity index (χ0v) is 20.5. The summed E-state index contributed by atoms with van der Waals surface area (Å²) < 4.78 is 21.0. The van der Waals surface area contributed by atoms with Gasteiger partial charge in [-0.15, -0.1) is 0 Å². The van der Waals surface area contributed by atoms with Crippen molar-refractivity contribution in [2.75, 3.05) is 31.6 Å². The van der Waals surface area contributed by atoms with E-state index in [-0.39, 0.29) is 12.1 Å². The van der Waals surface area contributed by atoms with E-state index in [2.05, 4.69) is 25.2 Å². The van der Waals surface area contributed by atoms with Crippen LogP contribution in [0.1, 0.15) is 24.8 Å². The minimum absolute atomic E-state index is 0.183. The van der Waals surface area contributed by atoms with E-state index in [9.17, 15) is 4.79 Å². The normalized spacial score (nSPS) is 15.4. The van der Waals surface area contributed by atoms with E-state index < -0.39 is 5.82 Å². The first-order chi connectivity index (χ1) is 18.1. The summed E-state index contributed by atoms with van der Waals surface area (Å²) >= 11 is 0. The zero-order chi connectivity index (χ0) is 25.2. The Bertz CT molecular complexity index is 1410. The molecule has 9 heteroatoms. The lowest BCUT2D eigenvalue weighted by molar-refractivity contribution is 0.147. The maximum atomic E-state index is 15.1. The van der Waals surface area contributed by atoms with Crippen LogP contribution in [0.2, 0.25) is 0 Å². The van der Waals surface area contributed by atoms with Crippen molar-refractivity contribution in [3.8, 4) is 17.0 Å². The number of likely N-dealkylation sites (tertiary alicyclic amines) is 1. The number of hydrogen-bond donors (Lipinski definition) is 2. The third-order valence-corrected chi connectivity index (χ3v) is 6.95. The lowest BCUT2D eigenvalue weighted by atomic mass is 10.1. The van der Waals surface area contributed by atoms with Crippen LogP contribution >= 0.6 is 0 Å². The summed E-state index contributed by atoms with van der Waals surface area (Å²) in [5, 5.41) is 3.62. The molecule has 1 aliphatic heterocycles. The Balaban J connectivity index is 1.12. The largest absolute Gasteiger partial charge is 0.492 e. The minimum atomic E-state index is -0.458. The van der Waals surface area contributed by atoms with Gasteiger partial charge in [0.25, 0.3) is 0 Å². The highest BCUT2D eigenvalue weighted by Gasteiger charge is 2.33. The van der Waals surface area contributed by atoms with Crippen LogP contribution in [0.5, 0.6) is 5.75 Å². The van der Waals surface area contributed by atoms with Crippen molar-refractivity contribution in [2.24, 2.45) is 0 Å². The number of nitrogens with one attached hydrogen (secondary N) is 2. The van der Waals surface area contributed by atoms with Gasteiger partial charge in [0.15, 0.2) is 0 Å². The average Bonchev–Trinajstić information content (AvgIpc) is 3.59. The molecule has 1 aliphatic carbocycles. The zero-order valence-electron chi connectivity index (χ0n) is 20.5. The van der Waals surface area contributed by atoms with E-state index >= 15 is 4.39 Å². The van der Waals surface area contributed by atoms with Crippen molar-refractivity contribution in [1.29, 1.82) is 0 Å².